The van der Waals surface area contributed by atoms with Gasteiger partial charge in [0.2, 0.25) is 0 Å². The van der Waals surface area contributed by atoms with Crippen LogP contribution in [0.2, 0.25) is 0 Å². The fourth-order valence-electron chi connectivity index (χ4n) is 1.54. The van der Waals surface area contributed by atoms with Crippen molar-refractivity contribution in [2.45, 2.75) is 11.8 Å². The number of hydrogen-bond donors (Lipinski definition) is 0. The molecule has 1 heterocycles. The first-order valence-corrected chi connectivity index (χ1v) is 7.68. The average molecular weight is 376 g/mol. The summed E-state index contributed by atoms with van der Waals surface area (Å²) in [4.78, 5) is 2.85. The van der Waals surface area contributed by atoms with Crippen molar-refractivity contribution in [3.63, 3.8) is 0 Å². The van der Waals surface area contributed by atoms with Crippen molar-refractivity contribution in [3.8, 4) is 5.75 Å². The Kier molecular flexibility index (Phi) is 4.28. The van der Waals surface area contributed by atoms with Crippen molar-refractivity contribution in [3.05, 3.63) is 50.1 Å². The highest BCUT2D eigenvalue weighted by Crippen LogP contribution is 2.38. The minimum atomic E-state index is 0.239. The molecule has 17 heavy (non-hydrogen) atoms. The molecular formula is C13H12Br2OS. The summed E-state index contributed by atoms with van der Waals surface area (Å²) >= 11 is 9.09. The summed E-state index contributed by atoms with van der Waals surface area (Å²) in [6, 6.07) is 10.3. The Morgan fingerprint density at radius 2 is 1.88 bits per heavy atom. The number of rotatable bonds is 3. The molecule has 0 saturated carbocycles. The van der Waals surface area contributed by atoms with E-state index in [4.69, 9.17) is 4.74 Å². The quantitative estimate of drug-likeness (QED) is 0.660. The summed E-state index contributed by atoms with van der Waals surface area (Å²) in [5, 5.41) is 0. The maximum Gasteiger partial charge on any atom is 0.118 e. The molecule has 4 heteroatoms. The van der Waals surface area contributed by atoms with E-state index in [1.54, 1.807) is 18.4 Å². The Labute approximate surface area is 122 Å². The van der Waals surface area contributed by atoms with Crippen molar-refractivity contribution >= 4 is 43.2 Å². The largest absolute Gasteiger partial charge is 0.497 e. The third-order valence-corrected chi connectivity index (χ3v) is 6.06. The van der Waals surface area contributed by atoms with Crippen LogP contribution in [0.5, 0.6) is 5.75 Å². The minimum Gasteiger partial charge on any atom is -0.497 e. The van der Waals surface area contributed by atoms with Gasteiger partial charge < -0.3 is 4.74 Å². The predicted molar refractivity (Wildman–Crippen MR) is 80.5 cm³/mol. The fourth-order valence-corrected chi connectivity index (χ4v) is 3.83. The van der Waals surface area contributed by atoms with Crippen LogP contribution < -0.4 is 4.74 Å². The lowest BCUT2D eigenvalue weighted by Gasteiger charge is -2.08. The van der Waals surface area contributed by atoms with E-state index in [1.807, 2.05) is 12.1 Å². The number of halogens is 2. The zero-order valence-electron chi connectivity index (χ0n) is 9.54. The predicted octanol–water partition coefficient (Wildman–Crippen LogP) is 5.31. The molecule has 1 aromatic heterocycles. The van der Waals surface area contributed by atoms with Crippen molar-refractivity contribution in [2.75, 3.05) is 7.11 Å². The van der Waals surface area contributed by atoms with Gasteiger partial charge in [-0.3, -0.25) is 0 Å². The van der Waals surface area contributed by atoms with Gasteiger partial charge in [0.15, 0.2) is 0 Å². The Hall–Kier alpha value is -0.320. The highest BCUT2D eigenvalue weighted by Gasteiger charge is 2.14. The molecule has 0 aliphatic rings. The van der Waals surface area contributed by atoms with Gasteiger partial charge in [-0.25, -0.2) is 0 Å². The van der Waals surface area contributed by atoms with E-state index < -0.39 is 0 Å². The lowest BCUT2D eigenvalue weighted by molar-refractivity contribution is 0.414. The van der Waals surface area contributed by atoms with Gasteiger partial charge in [-0.2, -0.15) is 0 Å². The Balaban J connectivity index is 2.26. The maximum absolute atomic E-state index is 5.16. The average Bonchev–Trinajstić information content (AvgIpc) is 2.69. The molecule has 1 atom stereocenters. The second-order valence-electron chi connectivity index (χ2n) is 3.69. The SMILES string of the molecule is COc1ccc(C(Br)c2cc(Br)c(C)s2)cc1. The normalized spacial score (nSPS) is 12.5. The standard InChI is InChI=1S/C13H12Br2OS/c1-8-11(14)7-12(17-8)13(15)9-3-5-10(16-2)6-4-9/h3-7,13H,1-2H3. The van der Waals surface area contributed by atoms with Crippen LogP contribution in [0.3, 0.4) is 0 Å². The summed E-state index contributed by atoms with van der Waals surface area (Å²) < 4.78 is 6.33. The van der Waals surface area contributed by atoms with Crippen LogP contribution in [-0.4, -0.2) is 7.11 Å². The van der Waals surface area contributed by atoms with Gasteiger partial charge in [0.25, 0.3) is 0 Å². The third-order valence-electron chi connectivity index (χ3n) is 2.53. The molecule has 0 bridgehead atoms. The second kappa shape index (κ2) is 5.55. The summed E-state index contributed by atoms with van der Waals surface area (Å²) in [6.45, 7) is 2.12. The van der Waals surface area contributed by atoms with Crippen LogP contribution in [-0.2, 0) is 0 Å². The van der Waals surface area contributed by atoms with Crippen LogP contribution in [0.1, 0.15) is 20.1 Å². The first-order chi connectivity index (χ1) is 8.11. The van der Waals surface area contributed by atoms with E-state index in [1.165, 1.54) is 19.8 Å². The third kappa shape index (κ3) is 2.92. The van der Waals surface area contributed by atoms with Crippen molar-refractivity contribution < 1.29 is 4.74 Å². The first-order valence-electron chi connectivity index (χ1n) is 5.15. The van der Waals surface area contributed by atoms with Crippen LogP contribution in [0, 0.1) is 6.92 Å². The number of ether oxygens (including phenoxy) is 1. The molecule has 2 aromatic rings. The molecule has 0 radical (unpaired) electrons. The highest BCUT2D eigenvalue weighted by atomic mass is 79.9. The lowest BCUT2D eigenvalue weighted by Crippen LogP contribution is -1.90. The van der Waals surface area contributed by atoms with Crippen LogP contribution in [0.4, 0.5) is 0 Å². The van der Waals surface area contributed by atoms with E-state index in [0.717, 1.165) is 5.75 Å². The number of hydrogen-bond acceptors (Lipinski definition) is 2. The molecular weight excluding hydrogens is 364 g/mol. The summed E-state index contributed by atoms with van der Waals surface area (Å²) in [7, 11) is 1.68. The fraction of sp³-hybridized carbons (Fsp3) is 0.231. The Morgan fingerprint density at radius 1 is 1.24 bits per heavy atom. The van der Waals surface area contributed by atoms with E-state index in [-0.39, 0.29) is 4.83 Å². The van der Waals surface area contributed by atoms with Gasteiger partial charge in [-0.05, 0) is 46.6 Å². The van der Waals surface area contributed by atoms with Gasteiger partial charge >= 0.3 is 0 Å². The van der Waals surface area contributed by atoms with Gasteiger partial charge in [0, 0.05) is 14.2 Å². The van der Waals surface area contributed by atoms with Gasteiger partial charge in [0.05, 0.1) is 11.9 Å². The van der Waals surface area contributed by atoms with Crippen LogP contribution in [0.15, 0.2) is 34.8 Å². The molecule has 0 aliphatic heterocycles. The molecule has 0 N–H and O–H groups in total. The zero-order chi connectivity index (χ0) is 12.4. The van der Waals surface area contributed by atoms with E-state index >= 15 is 0 Å². The Bertz CT molecular complexity index is 485. The van der Waals surface area contributed by atoms with Crippen molar-refractivity contribution in [1.82, 2.24) is 0 Å². The maximum atomic E-state index is 5.16. The lowest BCUT2D eigenvalue weighted by atomic mass is 10.1. The number of benzene rings is 1. The van der Waals surface area contributed by atoms with E-state index in [9.17, 15) is 0 Å². The van der Waals surface area contributed by atoms with Crippen LogP contribution >= 0.6 is 43.2 Å². The van der Waals surface area contributed by atoms with Crippen LogP contribution in [0.25, 0.3) is 0 Å². The minimum absolute atomic E-state index is 0.239. The van der Waals surface area contributed by atoms with Crippen molar-refractivity contribution in [2.24, 2.45) is 0 Å². The zero-order valence-corrected chi connectivity index (χ0v) is 13.5. The summed E-state index contributed by atoms with van der Waals surface area (Å²) in [6.07, 6.45) is 0. The van der Waals surface area contributed by atoms with Crippen molar-refractivity contribution in [1.29, 1.82) is 0 Å². The topological polar surface area (TPSA) is 9.23 Å². The van der Waals surface area contributed by atoms with E-state index in [0.29, 0.717) is 0 Å². The van der Waals surface area contributed by atoms with Gasteiger partial charge in [0.1, 0.15) is 5.75 Å². The molecule has 1 nitrogen and oxygen atoms in total. The first kappa shape index (κ1) is 13.1. The number of aryl methyl sites for hydroxylation is 1. The number of methoxy groups -OCH3 is 1. The molecule has 0 spiro atoms. The van der Waals surface area contributed by atoms with Gasteiger partial charge in [-0.1, -0.05) is 28.1 Å². The summed E-state index contributed by atoms with van der Waals surface area (Å²) in [5.41, 5.74) is 1.24. The van der Waals surface area contributed by atoms with E-state index in [2.05, 4.69) is 57.0 Å². The second-order valence-corrected chi connectivity index (χ2v) is 6.75. The Morgan fingerprint density at radius 3 is 2.35 bits per heavy atom. The number of alkyl halides is 1. The summed E-state index contributed by atoms with van der Waals surface area (Å²) in [5.74, 6) is 0.886. The molecule has 0 saturated heterocycles. The monoisotopic (exact) mass is 374 g/mol. The molecule has 0 amide bonds. The molecule has 1 unspecified atom stereocenters. The molecule has 0 aliphatic carbocycles. The number of thiophene rings is 1. The smallest absolute Gasteiger partial charge is 0.118 e. The molecule has 0 fully saturated rings. The molecule has 1 aromatic carbocycles. The molecule has 2 rings (SSSR count). The highest BCUT2D eigenvalue weighted by molar-refractivity contribution is 9.10. The molecule has 90 valence electrons. The van der Waals surface area contributed by atoms with Gasteiger partial charge in [-0.15, -0.1) is 11.3 Å².